The van der Waals surface area contributed by atoms with Crippen LogP contribution in [0.25, 0.3) is 5.69 Å². The maximum absolute atomic E-state index is 12.9. The fourth-order valence-corrected chi connectivity index (χ4v) is 2.86. The fourth-order valence-electron chi connectivity index (χ4n) is 2.86. The molecule has 0 spiro atoms. The predicted octanol–water partition coefficient (Wildman–Crippen LogP) is 2.68. The second kappa shape index (κ2) is 7.91. The number of aromatic nitrogens is 2. The number of rotatable bonds is 5. The zero-order chi connectivity index (χ0) is 20.3. The van der Waals surface area contributed by atoms with Gasteiger partial charge in [-0.3, -0.25) is 4.79 Å². The number of carbonyl (C=O) groups is 2. The van der Waals surface area contributed by atoms with Gasteiger partial charge in [0.25, 0.3) is 5.91 Å². The standard InChI is InChI=1S/C18H18F3N3O4/c1-27-14-10-24(13-6-4-5-12(9-13)18(19,20)21)22-16(14)17(26)28-11-15(25)23-7-2-3-8-23/h4-6,9-10H,2-3,7-8,11H2,1H3. The molecule has 150 valence electrons. The van der Waals surface area contributed by atoms with Crippen molar-refractivity contribution in [3.05, 3.63) is 41.7 Å². The number of benzene rings is 1. The normalized spacial score (nSPS) is 14.2. The molecule has 2 aromatic rings. The van der Waals surface area contributed by atoms with E-state index in [0.29, 0.717) is 13.1 Å². The van der Waals surface area contributed by atoms with E-state index < -0.39 is 24.3 Å². The van der Waals surface area contributed by atoms with E-state index in [-0.39, 0.29) is 23.0 Å². The molecule has 0 unspecified atom stereocenters. The Kier molecular flexibility index (Phi) is 5.57. The Bertz CT molecular complexity index is 873. The van der Waals surface area contributed by atoms with Crippen LogP contribution in [0.2, 0.25) is 0 Å². The zero-order valence-corrected chi connectivity index (χ0v) is 15.0. The van der Waals surface area contributed by atoms with Gasteiger partial charge in [0.1, 0.15) is 0 Å². The molecule has 0 aliphatic carbocycles. The van der Waals surface area contributed by atoms with Gasteiger partial charge in [0.2, 0.25) is 5.69 Å². The summed E-state index contributed by atoms with van der Waals surface area (Å²) in [6.45, 7) is 0.826. The number of carbonyl (C=O) groups excluding carboxylic acids is 2. The number of amides is 1. The molecule has 2 heterocycles. The van der Waals surface area contributed by atoms with Crippen LogP contribution >= 0.6 is 0 Å². The van der Waals surface area contributed by atoms with Gasteiger partial charge in [0, 0.05) is 13.1 Å². The maximum atomic E-state index is 12.9. The van der Waals surface area contributed by atoms with Gasteiger partial charge in [0.05, 0.1) is 24.6 Å². The van der Waals surface area contributed by atoms with E-state index in [1.165, 1.54) is 25.4 Å². The van der Waals surface area contributed by atoms with Crippen molar-refractivity contribution < 1.29 is 32.2 Å². The van der Waals surface area contributed by atoms with Crippen LogP contribution in [-0.2, 0) is 15.7 Å². The van der Waals surface area contributed by atoms with E-state index in [0.717, 1.165) is 29.7 Å². The third kappa shape index (κ3) is 4.26. The van der Waals surface area contributed by atoms with E-state index in [1.54, 1.807) is 4.90 Å². The number of esters is 1. The van der Waals surface area contributed by atoms with E-state index in [9.17, 15) is 22.8 Å². The van der Waals surface area contributed by atoms with Crippen molar-refractivity contribution in [3.63, 3.8) is 0 Å². The second-order valence-electron chi connectivity index (χ2n) is 6.20. The molecule has 1 fully saturated rings. The molecule has 1 aromatic heterocycles. The first-order chi connectivity index (χ1) is 13.3. The fraction of sp³-hybridized carbons (Fsp3) is 0.389. The van der Waals surface area contributed by atoms with Crippen LogP contribution in [0, 0.1) is 0 Å². The highest BCUT2D eigenvalue weighted by Gasteiger charge is 2.31. The van der Waals surface area contributed by atoms with Crippen molar-refractivity contribution in [1.82, 2.24) is 14.7 Å². The van der Waals surface area contributed by atoms with Crippen LogP contribution in [0.5, 0.6) is 5.75 Å². The lowest BCUT2D eigenvalue weighted by Crippen LogP contribution is -2.32. The first-order valence-corrected chi connectivity index (χ1v) is 8.56. The summed E-state index contributed by atoms with van der Waals surface area (Å²) in [5.74, 6) is -1.17. The molecule has 28 heavy (non-hydrogen) atoms. The quantitative estimate of drug-likeness (QED) is 0.726. The molecule has 3 rings (SSSR count). The molecule has 1 aromatic carbocycles. The highest BCUT2D eigenvalue weighted by molar-refractivity contribution is 5.92. The highest BCUT2D eigenvalue weighted by atomic mass is 19.4. The molecule has 1 amide bonds. The lowest BCUT2D eigenvalue weighted by atomic mass is 10.2. The number of hydrogen-bond donors (Lipinski definition) is 0. The smallest absolute Gasteiger partial charge is 0.416 e. The summed E-state index contributed by atoms with van der Waals surface area (Å²) < 4.78 is 49.9. The van der Waals surface area contributed by atoms with Gasteiger partial charge in [-0.05, 0) is 31.0 Å². The number of hydrogen-bond acceptors (Lipinski definition) is 5. The summed E-state index contributed by atoms with van der Waals surface area (Å²) in [6, 6.07) is 4.48. The molecule has 1 saturated heterocycles. The van der Waals surface area contributed by atoms with Crippen LogP contribution in [-0.4, -0.2) is 53.4 Å². The van der Waals surface area contributed by atoms with Gasteiger partial charge in [-0.1, -0.05) is 6.07 Å². The minimum Gasteiger partial charge on any atom is -0.493 e. The van der Waals surface area contributed by atoms with E-state index in [2.05, 4.69) is 5.10 Å². The van der Waals surface area contributed by atoms with Crippen LogP contribution in [0.1, 0.15) is 28.9 Å². The monoisotopic (exact) mass is 397 g/mol. The first kappa shape index (κ1) is 19.7. The average molecular weight is 397 g/mol. The lowest BCUT2D eigenvalue weighted by Gasteiger charge is -2.14. The molecule has 10 heteroatoms. The summed E-state index contributed by atoms with van der Waals surface area (Å²) >= 11 is 0. The number of methoxy groups -OCH3 is 1. The third-order valence-electron chi connectivity index (χ3n) is 4.32. The molecule has 0 saturated carbocycles. The largest absolute Gasteiger partial charge is 0.493 e. The van der Waals surface area contributed by atoms with E-state index in [4.69, 9.17) is 9.47 Å². The van der Waals surface area contributed by atoms with Gasteiger partial charge in [-0.25, -0.2) is 9.48 Å². The summed E-state index contributed by atoms with van der Waals surface area (Å²) in [4.78, 5) is 25.9. The van der Waals surface area contributed by atoms with Crippen molar-refractivity contribution in [2.24, 2.45) is 0 Å². The molecule has 0 N–H and O–H groups in total. The molecular weight excluding hydrogens is 379 g/mol. The minimum absolute atomic E-state index is 0.0241. The Balaban J connectivity index is 1.77. The molecule has 1 aliphatic rings. The zero-order valence-electron chi connectivity index (χ0n) is 15.0. The lowest BCUT2D eigenvalue weighted by molar-refractivity contribution is -0.137. The van der Waals surface area contributed by atoms with E-state index >= 15 is 0 Å². The molecule has 7 nitrogen and oxygen atoms in total. The number of likely N-dealkylation sites (tertiary alicyclic amines) is 1. The van der Waals surface area contributed by atoms with Crippen molar-refractivity contribution in [2.45, 2.75) is 19.0 Å². The van der Waals surface area contributed by atoms with Gasteiger partial charge in [-0.15, -0.1) is 0 Å². The molecule has 1 aliphatic heterocycles. The van der Waals surface area contributed by atoms with Crippen LogP contribution in [0.15, 0.2) is 30.5 Å². The Hall–Kier alpha value is -3.04. The Labute approximate surface area is 158 Å². The SMILES string of the molecule is COc1cn(-c2cccc(C(F)(F)F)c2)nc1C(=O)OCC(=O)N1CCCC1. The summed E-state index contributed by atoms with van der Waals surface area (Å²) in [7, 11) is 1.29. The van der Waals surface area contributed by atoms with Crippen molar-refractivity contribution in [2.75, 3.05) is 26.8 Å². The summed E-state index contributed by atoms with van der Waals surface area (Å²) in [6.07, 6.45) is -1.41. The number of nitrogens with zero attached hydrogens (tertiary/aromatic N) is 3. The Morgan fingerprint density at radius 2 is 1.93 bits per heavy atom. The van der Waals surface area contributed by atoms with Crippen LogP contribution in [0.3, 0.4) is 0 Å². The van der Waals surface area contributed by atoms with Crippen molar-refractivity contribution in [3.8, 4) is 11.4 Å². The third-order valence-corrected chi connectivity index (χ3v) is 4.32. The minimum atomic E-state index is -4.51. The molecule has 0 bridgehead atoms. The number of halogens is 3. The summed E-state index contributed by atoms with van der Waals surface area (Å²) in [5, 5.41) is 3.97. The Morgan fingerprint density at radius 1 is 1.21 bits per heavy atom. The maximum Gasteiger partial charge on any atom is 0.416 e. The number of alkyl halides is 3. The van der Waals surface area contributed by atoms with Crippen molar-refractivity contribution >= 4 is 11.9 Å². The van der Waals surface area contributed by atoms with Gasteiger partial charge >= 0.3 is 12.1 Å². The highest BCUT2D eigenvalue weighted by Crippen LogP contribution is 2.30. The van der Waals surface area contributed by atoms with Crippen LogP contribution < -0.4 is 4.74 Å². The van der Waals surface area contributed by atoms with Gasteiger partial charge in [-0.2, -0.15) is 18.3 Å². The average Bonchev–Trinajstić information content (AvgIpc) is 3.35. The molecule has 0 radical (unpaired) electrons. The summed E-state index contributed by atoms with van der Waals surface area (Å²) in [5.41, 5.74) is -0.978. The van der Waals surface area contributed by atoms with Crippen molar-refractivity contribution in [1.29, 1.82) is 0 Å². The van der Waals surface area contributed by atoms with Gasteiger partial charge in [0.15, 0.2) is 12.4 Å². The van der Waals surface area contributed by atoms with Gasteiger partial charge < -0.3 is 14.4 Å². The topological polar surface area (TPSA) is 73.7 Å². The predicted molar refractivity (Wildman–Crippen MR) is 91.2 cm³/mol. The molecular formula is C18H18F3N3O4. The van der Waals surface area contributed by atoms with Crippen LogP contribution in [0.4, 0.5) is 13.2 Å². The molecule has 0 atom stereocenters. The Morgan fingerprint density at radius 3 is 2.57 bits per heavy atom. The first-order valence-electron chi connectivity index (χ1n) is 8.56. The second-order valence-corrected chi connectivity index (χ2v) is 6.20. The number of ether oxygens (including phenoxy) is 2. The van der Waals surface area contributed by atoms with E-state index in [1.807, 2.05) is 0 Å².